The quantitative estimate of drug-likeness (QED) is 0.249. The molecule has 0 fully saturated rings. The van der Waals surface area contributed by atoms with Crippen molar-refractivity contribution in [3.8, 4) is 0 Å². The second-order valence-corrected chi connectivity index (χ2v) is 3.34. The second kappa shape index (κ2) is 10.4. The van der Waals surface area contributed by atoms with Crippen molar-refractivity contribution >= 4 is 72.2 Å². The SMILES string of the molecule is O=S(=O)(OO)OO.O=S(=O)(OO)OO.[KH]. The van der Waals surface area contributed by atoms with Crippen LogP contribution in [0.2, 0.25) is 0 Å². The molecule has 0 aromatic heterocycles. The molecule has 0 unspecified atom stereocenters. The Labute approximate surface area is 126 Å². The summed E-state index contributed by atoms with van der Waals surface area (Å²) >= 11 is 0. The van der Waals surface area contributed by atoms with Crippen LogP contribution in [0.1, 0.15) is 0 Å². The van der Waals surface area contributed by atoms with Gasteiger partial charge in [0.15, 0.2) is 0 Å². The van der Waals surface area contributed by atoms with Crippen molar-refractivity contribution < 1.29 is 55.2 Å². The van der Waals surface area contributed by atoms with E-state index in [1.165, 1.54) is 0 Å². The summed E-state index contributed by atoms with van der Waals surface area (Å²) in [6.07, 6.45) is 0. The minimum absolute atomic E-state index is 0. The van der Waals surface area contributed by atoms with Gasteiger partial charge in [-0.25, -0.2) is 21.0 Å². The summed E-state index contributed by atoms with van der Waals surface area (Å²) in [5.74, 6) is 0. The molecule has 0 heterocycles. The van der Waals surface area contributed by atoms with E-state index in [-0.39, 0.29) is 51.4 Å². The Bertz CT molecular complexity index is 254. The van der Waals surface area contributed by atoms with Crippen LogP contribution in [0.4, 0.5) is 0 Å². The van der Waals surface area contributed by atoms with Crippen molar-refractivity contribution in [1.29, 1.82) is 0 Å². The Morgan fingerprint density at radius 2 is 0.733 bits per heavy atom. The van der Waals surface area contributed by atoms with E-state index in [9.17, 15) is 16.8 Å². The third-order valence-electron chi connectivity index (χ3n) is 0.365. The zero-order chi connectivity index (χ0) is 11.8. The molecule has 0 aromatic carbocycles. The molecule has 4 N–H and O–H groups in total. The maximum absolute atomic E-state index is 9.42. The first-order valence-electron chi connectivity index (χ1n) is 2.06. The molecular formula is H5KO12S2. The average molecular weight is 300 g/mol. The molecular weight excluding hydrogens is 295 g/mol. The van der Waals surface area contributed by atoms with Gasteiger partial charge >= 0.3 is 72.2 Å². The van der Waals surface area contributed by atoms with E-state index < -0.39 is 20.8 Å². The van der Waals surface area contributed by atoms with Crippen molar-refractivity contribution in [3.63, 3.8) is 0 Å². The molecule has 0 saturated heterocycles. The van der Waals surface area contributed by atoms with Gasteiger partial charge in [0.1, 0.15) is 0 Å². The van der Waals surface area contributed by atoms with Crippen molar-refractivity contribution in [2.75, 3.05) is 0 Å². The predicted molar refractivity (Wildman–Crippen MR) is 39.8 cm³/mol. The molecule has 0 aliphatic rings. The Balaban J connectivity index is -0.000000180. The average Bonchev–Trinajstić information content (AvgIpc) is 2.19. The third-order valence-corrected chi connectivity index (χ3v) is 1.10. The van der Waals surface area contributed by atoms with Crippen LogP contribution in [0.3, 0.4) is 0 Å². The van der Waals surface area contributed by atoms with Crippen molar-refractivity contribution in [3.05, 3.63) is 0 Å². The molecule has 0 aromatic rings. The predicted octanol–water partition coefficient (Wildman–Crippen LogP) is -2.23. The molecule has 0 rings (SSSR count). The topological polar surface area (TPSA) is 186 Å². The summed E-state index contributed by atoms with van der Waals surface area (Å²) in [7, 11) is -9.09. The van der Waals surface area contributed by atoms with E-state index in [0.29, 0.717) is 0 Å². The molecule has 0 atom stereocenters. The Morgan fingerprint density at radius 1 is 0.600 bits per heavy atom. The van der Waals surface area contributed by atoms with Gasteiger partial charge in [-0.2, -0.15) is 16.8 Å². The fourth-order valence-corrected chi connectivity index (χ4v) is 0.0816. The monoisotopic (exact) mass is 300 g/mol. The Hall–Kier alpha value is 1.22. The molecule has 0 amide bonds. The van der Waals surface area contributed by atoms with E-state index in [0.717, 1.165) is 0 Å². The van der Waals surface area contributed by atoms with E-state index in [2.05, 4.69) is 17.3 Å². The first kappa shape index (κ1) is 21.5. The summed E-state index contributed by atoms with van der Waals surface area (Å²) in [6, 6.07) is 0. The fraction of sp³-hybridized carbons (Fsp3) is 0. The van der Waals surface area contributed by atoms with Gasteiger partial charge < -0.3 is 0 Å². The van der Waals surface area contributed by atoms with Crippen LogP contribution >= 0.6 is 0 Å². The zero-order valence-electron chi connectivity index (χ0n) is 5.87. The maximum atomic E-state index is 9.42. The number of hydrogen-bond acceptors (Lipinski definition) is 12. The molecule has 0 radical (unpaired) electrons. The van der Waals surface area contributed by atoms with Crippen LogP contribution in [-0.2, 0) is 38.1 Å². The standard InChI is InChI=1S/K.2H2O6S.H/c;2*1-5-7(3,4)6-2;/h;2*1-2H;. The Morgan fingerprint density at radius 3 is 0.733 bits per heavy atom. The molecule has 0 bridgehead atoms. The van der Waals surface area contributed by atoms with Gasteiger partial charge in [-0.1, -0.05) is 17.3 Å². The van der Waals surface area contributed by atoms with Crippen molar-refractivity contribution in [1.82, 2.24) is 0 Å². The van der Waals surface area contributed by atoms with E-state index in [1.807, 2.05) is 0 Å². The fourth-order valence-electron chi connectivity index (χ4n) is 0.0272. The number of rotatable bonds is 4. The first-order valence-corrected chi connectivity index (χ1v) is 4.73. The summed E-state index contributed by atoms with van der Waals surface area (Å²) in [5.41, 5.74) is 0. The van der Waals surface area contributed by atoms with Crippen LogP contribution in [0.15, 0.2) is 0 Å². The molecule has 15 heavy (non-hydrogen) atoms. The van der Waals surface area contributed by atoms with Gasteiger partial charge in [0, 0.05) is 0 Å². The summed E-state index contributed by atoms with van der Waals surface area (Å²) in [6.45, 7) is 0. The van der Waals surface area contributed by atoms with Gasteiger partial charge in [0.05, 0.1) is 0 Å². The molecule has 0 aliphatic heterocycles. The van der Waals surface area contributed by atoms with Crippen LogP contribution in [0.25, 0.3) is 0 Å². The first-order chi connectivity index (χ1) is 6.24. The second-order valence-electron chi connectivity index (χ2n) is 1.11. The van der Waals surface area contributed by atoms with E-state index in [4.69, 9.17) is 21.0 Å². The van der Waals surface area contributed by atoms with Crippen LogP contribution in [0.5, 0.6) is 0 Å². The Kier molecular flexibility index (Phi) is 14.9. The van der Waals surface area contributed by atoms with Crippen LogP contribution in [0, 0.1) is 0 Å². The molecule has 0 aliphatic carbocycles. The van der Waals surface area contributed by atoms with Gasteiger partial charge in [-0.15, -0.1) is 0 Å². The molecule has 0 saturated carbocycles. The van der Waals surface area contributed by atoms with Crippen molar-refractivity contribution in [2.45, 2.75) is 0 Å². The van der Waals surface area contributed by atoms with Crippen LogP contribution < -0.4 is 0 Å². The van der Waals surface area contributed by atoms with E-state index >= 15 is 0 Å². The van der Waals surface area contributed by atoms with Gasteiger partial charge in [0.25, 0.3) is 0 Å². The van der Waals surface area contributed by atoms with Gasteiger partial charge in [-0.05, 0) is 0 Å². The third kappa shape index (κ3) is 15.2. The summed E-state index contributed by atoms with van der Waals surface area (Å²) in [4.78, 5) is 0. The zero-order valence-corrected chi connectivity index (χ0v) is 7.50. The molecule has 90 valence electrons. The summed E-state index contributed by atoms with van der Waals surface area (Å²) < 4.78 is 48.0. The molecule has 12 nitrogen and oxygen atoms in total. The molecule has 15 heteroatoms. The van der Waals surface area contributed by atoms with Crippen LogP contribution in [-0.4, -0.2) is 89.2 Å². The van der Waals surface area contributed by atoms with Gasteiger partial charge in [0.2, 0.25) is 0 Å². The van der Waals surface area contributed by atoms with E-state index in [1.54, 1.807) is 0 Å². The normalized spacial score (nSPS) is 10.9. The minimum atomic E-state index is -4.55. The van der Waals surface area contributed by atoms with Gasteiger partial charge in [-0.3, -0.25) is 0 Å². The number of hydrogen-bond donors (Lipinski definition) is 4. The molecule has 0 spiro atoms. The summed E-state index contributed by atoms with van der Waals surface area (Å²) in [5, 5.41) is 28.9. The van der Waals surface area contributed by atoms with Crippen molar-refractivity contribution in [2.24, 2.45) is 0 Å².